The maximum absolute atomic E-state index is 14.7. The Hall–Kier alpha value is -3.99. The third-order valence-corrected chi connectivity index (χ3v) is 8.84. The predicted molar refractivity (Wildman–Crippen MR) is 164 cm³/mol. The molecule has 1 atom stereocenters. The van der Waals surface area contributed by atoms with Gasteiger partial charge in [0.15, 0.2) is 11.5 Å². The number of anilines is 2. The van der Waals surface area contributed by atoms with Gasteiger partial charge in [0.25, 0.3) is 11.8 Å². The van der Waals surface area contributed by atoms with Crippen molar-refractivity contribution in [2.45, 2.75) is 26.4 Å². The number of carbonyl (C=O) groups is 2. The molecule has 42 heavy (non-hydrogen) atoms. The average molecular weight is 589 g/mol. The molecule has 4 aromatic rings. The van der Waals surface area contributed by atoms with Gasteiger partial charge in [-0.15, -0.1) is 11.3 Å². The summed E-state index contributed by atoms with van der Waals surface area (Å²) in [6, 6.07) is 17.7. The van der Waals surface area contributed by atoms with Gasteiger partial charge in [0, 0.05) is 48.2 Å². The van der Waals surface area contributed by atoms with Crippen LogP contribution in [-0.4, -0.2) is 67.0 Å². The molecule has 2 aliphatic heterocycles. The van der Waals surface area contributed by atoms with Crippen molar-refractivity contribution < 1.29 is 23.5 Å². The number of thiophene rings is 1. The maximum atomic E-state index is 14.7. The molecular weight excluding hydrogens is 555 g/mol. The van der Waals surface area contributed by atoms with Gasteiger partial charge in [-0.05, 0) is 72.9 Å². The average Bonchev–Trinajstić information content (AvgIpc) is 3.42. The van der Waals surface area contributed by atoms with E-state index in [4.69, 9.17) is 9.47 Å². The molecule has 1 fully saturated rings. The van der Waals surface area contributed by atoms with Crippen LogP contribution in [0.5, 0.6) is 11.5 Å². The molecule has 1 saturated heterocycles. The van der Waals surface area contributed by atoms with E-state index in [0.29, 0.717) is 46.9 Å². The third kappa shape index (κ3) is 6.11. The number of piperazine rings is 1. The quantitative estimate of drug-likeness (QED) is 0.282. The van der Waals surface area contributed by atoms with E-state index in [9.17, 15) is 14.0 Å². The first-order valence-corrected chi connectivity index (χ1v) is 15.0. The highest BCUT2D eigenvalue weighted by Gasteiger charge is 2.23. The van der Waals surface area contributed by atoms with Crippen LogP contribution < -0.4 is 20.1 Å². The molecule has 6 rings (SSSR count). The lowest BCUT2D eigenvalue weighted by Crippen LogP contribution is -2.51. The predicted octanol–water partition coefficient (Wildman–Crippen LogP) is 5.84. The summed E-state index contributed by atoms with van der Waals surface area (Å²) in [5, 5.41) is 6.40. The lowest BCUT2D eigenvalue weighted by atomic mass is 10.1. The van der Waals surface area contributed by atoms with E-state index in [-0.39, 0.29) is 5.69 Å². The molecule has 0 aliphatic carbocycles. The molecule has 3 heterocycles. The summed E-state index contributed by atoms with van der Waals surface area (Å²) in [6.45, 7) is 10.4. The minimum atomic E-state index is -0.596. The molecule has 3 aromatic carbocycles. The van der Waals surface area contributed by atoms with Crippen LogP contribution in [0.1, 0.15) is 39.4 Å². The Balaban J connectivity index is 1.12. The van der Waals surface area contributed by atoms with Gasteiger partial charge in [0.1, 0.15) is 19.0 Å². The molecular formula is C32H33FN4O4S. The van der Waals surface area contributed by atoms with Crippen LogP contribution in [0.4, 0.5) is 15.8 Å². The zero-order valence-corrected chi connectivity index (χ0v) is 24.4. The van der Waals surface area contributed by atoms with E-state index in [1.165, 1.54) is 35.1 Å². The lowest BCUT2D eigenvalue weighted by molar-refractivity contribution is 0.0835. The Morgan fingerprint density at radius 1 is 0.952 bits per heavy atom. The van der Waals surface area contributed by atoms with Crippen molar-refractivity contribution in [2.24, 2.45) is 0 Å². The van der Waals surface area contributed by atoms with Gasteiger partial charge >= 0.3 is 0 Å². The highest BCUT2D eigenvalue weighted by molar-refractivity contribution is 7.20. The van der Waals surface area contributed by atoms with Crippen LogP contribution in [0.25, 0.3) is 10.1 Å². The molecule has 2 N–H and O–H groups in total. The summed E-state index contributed by atoms with van der Waals surface area (Å²) in [7, 11) is 0. The normalized spacial score (nSPS) is 17.3. The number of benzene rings is 3. The number of carbonyl (C=O) groups excluding carboxylic acids is 2. The van der Waals surface area contributed by atoms with Crippen molar-refractivity contribution in [1.82, 2.24) is 9.80 Å². The number of rotatable bonds is 7. The summed E-state index contributed by atoms with van der Waals surface area (Å²) in [5.74, 6) is -0.307. The zero-order valence-electron chi connectivity index (χ0n) is 23.6. The van der Waals surface area contributed by atoms with Crippen molar-refractivity contribution in [3.63, 3.8) is 0 Å². The van der Waals surface area contributed by atoms with E-state index in [1.807, 2.05) is 12.1 Å². The summed E-state index contributed by atoms with van der Waals surface area (Å²) < 4.78 is 26.8. The van der Waals surface area contributed by atoms with Crippen molar-refractivity contribution in [3.05, 3.63) is 82.5 Å². The van der Waals surface area contributed by atoms with Crippen molar-refractivity contribution in [3.8, 4) is 11.5 Å². The number of ether oxygens (including phenoxy) is 2. The monoisotopic (exact) mass is 588 g/mol. The highest BCUT2D eigenvalue weighted by atomic mass is 32.1. The molecule has 1 aromatic heterocycles. The van der Waals surface area contributed by atoms with Crippen LogP contribution in [0.2, 0.25) is 0 Å². The van der Waals surface area contributed by atoms with Crippen LogP contribution in [0, 0.1) is 5.82 Å². The number of likely N-dealkylation sites (N-methyl/N-ethyl adjacent to an activating group) is 1. The molecule has 0 unspecified atom stereocenters. The number of nitrogens with one attached hydrogen (secondary N) is 2. The molecule has 0 spiro atoms. The summed E-state index contributed by atoms with van der Waals surface area (Å²) in [6.07, 6.45) is 0. The first kappa shape index (κ1) is 28.1. The molecule has 2 aliphatic rings. The van der Waals surface area contributed by atoms with Crippen molar-refractivity contribution >= 4 is 44.6 Å². The first-order valence-electron chi connectivity index (χ1n) is 14.2. The van der Waals surface area contributed by atoms with Gasteiger partial charge in [0.2, 0.25) is 0 Å². The number of hydrogen-bond donors (Lipinski definition) is 2. The Morgan fingerprint density at radius 3 is 2.60 bits per heavy atom. The highest BCUT2D eigenvalue weighted by Crippen LogP contribution is 2.32. The molecule has 8 nitrogen and oxygen atoms in total. The fourth-order valence-corrected chi connectivity index (χ4v) is 6.52. The molecule has 0 radical (unpaired) electrons. The fraction of sp³-hybridized carbons (Fsp3) is 0.312. The van der Waals surface area contributed by atoms with E-state index in [0.717, 1.165) is 42.8 Å². The van der Waals surface area contributed by atoms with Crippen LogP contribution in [0.3, 0.4) is 0 Å². The number of fused-ring (bicyclic) bond motifs is 2. The molecule has 0 saturated carbocycles. The number of nitrogens with zero attached hydrogens (tertiary/aromatic N) is 2. The van der Waals surface area contributed by atoms with Gasteiger partial charge in [-0.2, -0.15) is 0 Å². The second-order valence-corrected chi connectivity index (χ2v) is 11.7. The van der Waals surface area contributed by atoms with Gasteiger partial charge in [-0.25, -0.2) is 4.39 Å². The smallest absolute Gasteiger partial charge is 0.265 e. The summed E-state index contributed by atoms with van der Waals surface area (Å²) in [5.41, 5.74) is 1.91. The Bertz CT molecular complexity index is 1640. The SMILES string of the molecule is CCN1CCN(Cc2ccc3cc(C(=O)Nc4cc(NC(=O)c5ccc6c(c5)OCCO6)ccc4F)sc3c2)C[C@@H]1C. The molecule has 218 valence electrons. The van der Waals surface area contributed by atoms with Crippen molar-refractivity contribution in [2.75, 3.05) is 50.0 Å². The Labute approximate surface area is 248 Å². The van der Waals surface area contributed by atoms with Crippen LogP contribution in [0.15, 0.2) is 60.7 Å². The standard InChI is InChI=1S/C32H33FN4O4S/c1-3-37-11-10-36(18-20(37)2)19-21-4-5-22-16-30(42-29(22)14-21)32(39)35-26-17-24(7-8-25(26)33)34-31(38)23-6-9-27-28(15-23)41-13-12-40-27/h4-9,14-17,20H,3,10-13,18-19H2,1-2H3,(H,34,38)(H,35,39)/t20-/m0/s1. The van der Waals surface area contributed by atoms with Crippen LogP contribution in [-0.2, 0) is 6.54 Å². The Morgan fingerprint density at radius 2 is 1.79 bits per heavy atom. The lowest BCUT2D eigenvalue weighted by Gasteiger charge is -2.39. The fourth-order valence-electron chi connectivity index (χ4n) is 5.50. The maximum Gasteiger partial charge on any atom is 0.265 e. The zero-order chi connectivity index (χ0) is 29.2. The second-order valence-electron chi connectivity index (χ2n) is 10.7. The molecule has 2 amide bonds. The third-order valence-electron chi connectivity index (χ3n) is 7.75. The van der Waals surface area contributed by atoms with Gasteiger partial charge in [-0.3, -0.25) is 19.4 Å². The molecule has 10 heteroatoms. The van der Waals surface area contributed by atoms with Crippen molar-refractivity contribution in [1.29, 1.82) is 0 Å². The van der Waals surface area contributed by atoms with Gasteiger partial charge < -0.3 is 20.1 Å². The topological polar surface area (TPSA) is 83.1 Å². The number of halogens is 1. The first-order chi connectivity index (χ1) is 20.4. The second kappa shape index (κ2) is 12.1. The Kier molecular flexibility index (Phi) is 8.10. The van der Waals surface area contributed by atoms with Gasteiger partial charge in [0.05, 0.1) is 10.6 Å². The molecule has 0 bridgehead atoms. The van der Waals surface area contributed by atoms with E-state index < -0.39 is 17.6 Å². The number of hydrogen-bond acceptors (Lipinski definition) is 7. The minimum Gasteiger partial charge on any atom is -0.486 e. The van der Waals surface area contributed by atoms with E-state index in [1.54, 1.807) is 18.2 Å². The minimum absolute atomic E-state index is 0.0153. The van der Waals surface area contributed by atoms with Crippen LogP contribution >= 0.6 is 11.3 Å². The number of amides is 2. The summed E-state index contributed by atoms with van der Waals surface area (Å²) in [4.78, 5) is 31.4. The summed E-state index contributed by atoms with van der Waals surface area (Å²) >= 11 is 1.38. The largest absolute Gasteiger partial charge is 0.486 e. The van der Waals surface area contributed by atoms with Gasteiger partial charge in [-0.1, -0.05) is 19.1 Å². The van der Waals surface area contributed by atoms with E-state index >= 15 is 0 Å². The van der Waals surface area contributed by atoms with E-state index in [2.05, 4.69) is 46.4 Å².